The monoisotopic (exact) mass is 339 g/mol. The summed E-state index contributed by atoms with van der Waals surface area (Å²) in [6.07, 6.45) is 0.0233. The zero-order valence-corrected chi connectivity index (χ0v) is 13.4. The maximum atomic E-state index is 11.4. The van der Waals surface area contributed by atoms with Crippen molar-refractivity contribution in [1.29, 1.82) is 0 Å². The fourth-order valence-electron chi connectivity index (χ4n) is 1.31. The smallest absolute Gasteiger partial charge is 0.407 e. The molecule has 0 aliphatic rings. The Hall–Kier alpha value is -1.67. The van der Waals surface area contributed by atoms with E-state index in [9.17, 15) is 9.90 Å². The van der Waals surface area contributed by atoms with Gasteiger partial charge in [-0.1, -0.05) is 27.8 Å². The lowest BCUT2D eigenvalue weighted by Crippen LogP contribution is -2.32. The first-order valence-corrected chi connectivity index (χ1v) is 7.01. The van der Waals surface area contributed by atoms with Crippen LogP contribution in [0.1, 0.15) is 32.8 Å². The Kier molecular flexibility index (Phi) is 5.90. The minimum absolute atomic E-state index is 0.140. The lowest BCUT2D eigenvalue weighted by molar-refractivity contribution is 0.0529. The van der Waals surface area contributed by atoms with Crippen LogP contribution in [0.2, 0.25) is 0 Å². The molecule has 0 unspecified atom stereocenters. The molecule has 5 heteroatoms. The number of amides is 1. The number of benzene rings is 1. The number of hydrogen-bond acceptors (Lipinski definition) is 3. The van der Waals surface area contributed by atoms with Gasteiger partial charge in [-0.05, 0) is 39.0 Å². The average Bonchev–Trinajstić information content (AvgIpc) is 2.30. The Morgan fingerprint density at radius 3 is 2.80 bits per heavy atom. The minimum atomic E-state index is -0.502. The molecular weight excluding hydrogens is 322 g/mol. The molecule has 0 saturated carbocycles. The summed E-state index contributed by atoms with van der Waals surface area (Å²) in [4.78, 5) is 11.4. The molecule has 4 nitrogen and oxygen atoms in total. The van der Waals surface area contributed by atoms with E-state index >= 15 is 0 Å². The van der Waals surface area contributed by atoms with Crippen molar-refractivity contribution >= 4 is 22.0 Å². The zero-order chi connectivity index (χ0) is 15.2. The number of nitrogens with one attached hydrogen (secondary N) is 1. The summed E-state index contributed by atoms with van der Waals surface area (Å²) in [6, 6.07) is 5.06. The van der Waals surface area contributed by atoms with Gasteiger partial charge in [0, 0.05) is 17.4 Å². The molecule has 0 heterocycles. The second-order valence-corrected chi connectivity index (χ2v) is 6.06. The summed E-state index contributed by atoms with van der Waals surface area (Å²) in [6.45, 7) is 5.82. The van der Waals surface area contributed by atoms with Crippen molar-refractivity contribution in [1.82, 2.24) is 5.32 Å². The van der Waals surface area contributed by atoms with Gasteiger partial charge in [-0.15, -0.1) is 0 Å². The molecule has 20 heavy (non-hydrogen) atoms. The summed E-state index contributed by atoms with van der Waals surface area (Å²) in [5.41, 5.74) is 0.0503. The van der Waals surface area contributed by atoms with E-state index in [1.54, 1.807) is 18.2 Å². The van der Waals surface area contributed by atoms with Gasteiger partial charge in [-0.3, -0.25) is 0 Å². The number of alkyl carbamates (subject to hydrolysis) is 1. The van der Waals surface area contributed by atoms with Crippen LogP contribution >= 0.6 is 15.9 Å². The van der Waals surface area contributed by atoms with E-state index in [1.165, 1.54) is 0 Å². The molecular formula is C15H18BrNO3. The number of ether oxygens (including phenoxy) is 1. The van der Waals surface area contributed by atoms with Crippen LogP contribution in [0.4, 0.5) is 4.79 Å². The number of carbonyl (C=O) groups is 1. The number of phenols is 1. The highest BCUT2D eigenvalue weighted by atomic mass is 79.9. The number of carbonyl (C=O) groups excluding carboxylic acids is 1. The van der Waals surface area contributed by atoms with Gasteiger partial charge in [0.1, 0.15) is 11.4 Å². The highest BCUT2D eigenvalue weighted by Crippen LogP contribution is 2.20. The van der Waals surface area contributed by atoms with Crippen LogP contribution in [0.3, 0.4) is 0 Å². The topological polar surface area (TPSA) is 58.6 Å². The van der Waals surface area contributed by atoms with E-state index in [2.05, 4.69) is 33.1 Å². The number of halogens is 1. The van der Waals surface area contributed by atoms with Crippen LogP contribution < -0.4 is 5.32 Å². The van der Waals surface area contributed by atoms with Gasteiger partial charge in [0.15, 0.2) is 0 Å². The van der Waals surface area contributed by atoms with Gasteiger partial charge >= 0.3 is 6.09 Å². The van der Waals surface area contributed by atoms with Crippen molar-refractivity contribution in [3.63, 3.8) is 0 Å². The predicted octanol–water partition coefficient (Wildman–Crippen LogP) is 3.42. The second-order valence-electron chi connectivity index (χ2n) is 5.14. The fraction of sp³-hybridized carbons (Fsp3) is 0.400. The van der Waals surface area contributed by atoms with Crippen molar-refractivity contribution in [2.45, 2.75) is 32.8 Å². The average molecular weight is 340 g/mol. The molecule has 2 N–H and O–H groups in total. The molecule has 0 bridgehead atoms. The molecule has 1 aromatic carbocycles. The lowest BCUT2D eigenvalue weighted by atomic mass is 10.2. The maximum Gasteiger partial charge on any atom is 0.407 e. The standard InChI is InChI=1S/C15H18BrNO3/c1-15(2,3)20-14(19)17-9-5-4-6-11-10-12(16)7-8-13(11)18/h7-8,10,18H,5,9H2,1-3H3,(H,17,19). The highest BCUT2D eigenvalue weighted by molar-refractivity contribution is 9.10. The van der Waals surface area contributed by atoms with Crippen LogP contribution in [0.5, 0.6) is 5.75 Å². The Bertz CT molecular complexity index is 538. The lowest BCUT2D eigenvalue weighted by Gasteiger charge is -2.19. The molecule has 1 amide bonds. The number of hydrogen-bond donors (Lipinski definition) is 2. The number of aromatic hydroxyl groups is 1. The third-order valence-corrected chi connectivity index (χ3v) is 2.59. The molecule has 108 valence electrons. The summed E-state index contributed by atoms with van der Waals surface area (Å²) in [5.74, 6) is 5.88. The third-order valence-electron chi connectivity index (χ3n) is 2.10. The van der Waals surface area contributed by atoms with Crippen molar-refractivity contribution in [3.05, 3.63) is 28.2 Å². The molecule has 0 atom stereocenters. The highest BCUT2D eigenvalue weighted by Gasteiger charge is 2.15. The zero-order valence-electron chi connectivity index (χ0n) is 11.8. The van der Waals surface area contributed by atoms with Gasteiger partial charge in [0.25, 0.3) is 0 Å². The summed E-state index contributed by atoms with van der Waals surface area (Å²) < 4.78 is 5.95. The first-order valence-electron chi connectivity index (χ1n) is 6.22. The Morgan fingerprint density at radius 2 is 2.15 bits per heavy atom. The largest absolute Gasteiger partial charge is 0.507 e. The van der Waals surface area contributed by atoms with Crippen molar-refractivity contribution in [3.8, 4) is 17.6 Å². The van der Waals surface area contributed by atoms with Gasteiger partial charge in [0.05, 0.1) is 5.56 Å². The molecule has 0 aliphatic carbocycles. The van der Waals surface area contributed by atoms with Crippen LogP contribution in [0, 0.1) is 11.8 Å². The summed E-state index contributed by atoms with van der Waals surface area (Å²) in [7, 11) is 0. The number of rotatable bonds is 2. The maximum absolute atomic E-state index is 11.4. The third kappa shape index (κ3) is 6.48. The van der Waals surface area contributed by atoms with E-state index in [4.69, 9.17) is 4.74 Å². The number of phenolic OH excluding ortho intramolecular Hbond substituents is 1. The molecule has 0 aliphatic heterocycles. The van der Waals surface area contributed by atoms with E-state index in [0.717, 1.165) is 4.47 Å². The summed E-state index contributed by atoms with van der Waals surface area (Å²) in [5, 5.41) is 12.2. The van der Waals surface area contributed by atoms with Crippen molar-refractivity contribution in [2.24, 2.45) is 0 Å². The molecule has 1 rings (SSSR count). The Morgan fingerprint density at radius 1 is 1.45 bits per heavy atom. The Labute approximate surface area is 127 Å². The van der Waals surface area contributed by atoms with Gasteiger partial charge in [0.2, 0.25) is 0 Å². The molecule has 0 aromatic heterocycles. The van der Waals surface area contributed by atoms with Gasteiger partial charge < -0.3 is 15.2 Å². The van der Waals surface area contributed by atoms with Crippen LogP contribution in [-0.4, -0.2) is 23.3 Å². The molecule has 1 aromatic rings. The minimum Gasteiger partial charge on any atom is -0.507 e. The van der Waals surface area contributed by atoms with Crippen LogP contribution in [0.25, 0.3) is 0 Å². The SMILES string of the molecule is CC(C)(C)OC(=O)NCCC#Cc1cc(Br)ccc1O. The molecule has 0 fully saturated rings. The second kappa shape index (κ2) is 7.20. The predicted molar refractivity (Wildman–Crippen MR) is 81.5 cm³/mol. The quantitative estimate of drug-likeness (QED) is 0.641. The van der Waals surface area contributed by atoms with Crippen LogP contribution in [0.15, 0.2) is 22.7 Å². The van der Waals surface area contributed by atoms with Crippen LogP contribution in [-0.2, 0) is 4.74 Å². The first kappa shape index (κ1) is 16.4. The summed E-state index contributed by atoms with van der Waals surface area (Å²) >= 11 is 3.31. The van der Waals surface area contributed by atoms with E-state index in [0.29, 0.717) is 18.5 Å². The molecule has 0 radical (unpaired) electrons. The molecule has 0 spiro atoms. The van der Waals surface area contributed by atoms with Gasteiger partial charge in [-0.2, -0.15) is 0 Å². The van der Waals surface area contributed by atoms with Crippen molar-refractivity contribution in [2.75, 3.05) is 6.54 Å². The van der Waals surface area contributed by atoms with Gasteiger partial charge in [-0.25, -0.2) is 4.79 Å². The normalized spacial score (nSPS) is 10.4. The van der Waals surface area contributed by atoms with E-state index in [-0.39, 0.29) is 5.75 Å². The van der Waals surface area contributed by atoms with Crippen molar-refractivity contribution < 1.29 is 14.6 Å². The Balaban J connectivity index is 2.40. The first-order chi connectivity index (χ1) is 9.28. The molecule has 0 saturated heterocycles. The van der Waals surface area contributed by atoms with E-state index in [1.807, 2.05) is 20.8 Å². The fourth-order valence-corrected chi connectivity index (χ4v) is 1.67. The van der Waals surface area contributed by atoms with E-state index < -0.39 is 11.7 Å².